The molecule has 0 radical (unpaired) electrons. The van der Waals surface area contributed by atoms with Crippen LogP contribution in [0.25, 0.3) is 0 Å². The molecule has 0 bridgehead atoms. The van der Waals surface area contributed by atoms with E-state index < -0.39 is 0 Å². The number of anilines is 3. The van der Waals surface area contributed by atoms with Gasteiger partial charge in [-0.25, -0.2) is 4.98 Å². The normalized spacial score (nSPS) is 21.2. The van der Waals surface area contributed by atoms with Crippen LogP contribution in [0.5, 0.6) is 0 Å². The predicted octanol–water partition coefficient (Wildman–Crippen LogP) is 5.31. The molecule has 7 nitrogen and oxygen atoms in total. The fourth-order valence-electron chi connectivity index (χ4n) is 4.72. The molecule has 1 amide bonds. The van der Waals surface area contributed by atoms with Crippen LogP contribution in [0, 0.1) is 5.41 Å². The third kappa shape index (κ3) is 6.29. The van der Waals surface area contributed by atoms with E-state index in [-0.39, 0.29) is 17.5 Å². The predicted molar refractivity (Wildman–Crippen MR) is 143 cm³/mol. The van der Waals surface area contributed by atoms with Crippen molar-refractivity contribution < 1.29 is 9.53 Å². The molecule has 3 aliphatic rings. The number of nitrogens with one attached hydrogen (secondary N) is 3. The van der Waals surface area contributed by atoms with Crippen LogP contribution < -0.4 is 20.3 Å². The first-order chi connectivity index (χ1) is 16.8. The van der Waals surface area contributed by atoms with E-state index in [2.05, 4.69) is 41.0 Å². The molecule has 2 aliphatic heterocycles. The number of piperidine rings is 1. The van der Waals surface area contributed by atoms with Crippen LogP contribution in [-0.4, -0.2) is 48.8 Å². The molecule has 3 heterocycles. The van der Waals surface area contributed by atoms with Crippen molar-refractivity contribution in [3.05, 3.63) is 42.0 Å². The van der Waals surface area contributed by atoms with E-state index in [4.69, 9.17) is 9.72 Å². The molecule has 188 valence electrons. The van der Waals surface area contributed by atoms with Crippen LogP contribution in [0.1, 0.15) is 63.2 Å². The second-order valence-electron chi connectivity index (χ2n) is 11.2. The number of carbonyl (C=O) groups excluding carboxylic acids is 1. The minimum atomic E-state index is -0.124. The number of carbonyl (C=O) groups is 1. The number of rotatable bonds is 7. The van der Waals surface area contributed by atoms with Gasteiger partial charge >= 0.3 is 0 Å². The average molecular weight is 496 g/mol. The lowest BCUT2D eigenvalue weighted by atomic mass is 9.93. The number of benzene rings is 1. The van der Waals surface area contributed by atoms with Gasteiger partial charge in [-0.1, -0.05) is 6.07 Å². The topological polar surface area (TPSA) is 78.5 Å². The van der Waals surface area contributed by atoms with Crippen LogP contribution >= 0.6 is 11.9 Å². The molecule has 3 N–H and O–H groups in total. The maximum Gasteiger partial charge on any atom is 0.259 e. The van der Waals surface area contributed by atoms with E-state index >= 15 is 0 Å². The van der Waals surface area contributed by atoms with E-state index in [1.165, 1.54) is 25.7 Å². The van der Waals surface area contributed by atoms with Gasteiger partial charge in [-0.2, -0.15) is 0 Å². The minimum absolute atomic E-state index is 0.00160. The fourth-order valence-corrected chi connectivity index (χ4v) is 5.48. The van der Waals surface area contributed by atoms with E-state index in [1.807, 2.05) is 36.4 Å². The summed E-state index contributed by atoms with van der Waals surface area (Å²) in [5, 5.41) is 6.60. The molecule has 1 aromatic carbocycles. The van der Waals surface area contributed by atoms with Crippen molar-refractivity contribution in [2.24, 2.45) is 5.41 Å². The van der Waals surface area contributed by atoms with E-state index in [9.17, 15) is 4.79 Å². The molecule has 1 spiro atoms. The Morgan fingerprint density at radius 1 is 1.14 bits per heavy atom. The van der Waals surface area contributed by atoms with E-state index in [0.29, 0.717) is 17.6 Å². The smallest absolute Gasteiger partial charge is 0.259 e. The second kappa shape index (κ2) is 9.99. The zero-order valence-electron chi connectivity index (χ0n) is 21.0. The molecular formula is C27H37N5O2S. The standard InChI is InChI=1S/C27H37N5O2S/c1-26(2,3)31-35-21-6-4-5-19(17-21)29-25(33)22-7-8-23(28-20-9-16-34-18-20)30-24(22)32-14-12-27(10-11-27)13-15-32/h4-8,17,20,31H,9-16,18H2,1-3H3,(H,28,30)(H,29,33). The number of ether oxygens (including phenoxy) is 1. The highest BCUT2D eigenvalue weighted by molar-refractivity contribution is 7.97. The zero-order chi connectivity index (χ0) is 24.5. The second-order valence-corrected chi connectivity index (χ2v) is 12.1. The van der Waals surface area contributed by atoms with Crippen LogP contribution in [0.2, 0.25) is 0 Å². The Labute approximate surface area is 212 Å². The largest absolute Gasteiger partial charge is 0.379 e. The summed E-state index contributed by atoms with van der Waals surface area (Å²) in [6.07, 6.45) is 6.05. The van der Waals surface area contributed by atoms with Gasteiger partial charge in [0.2, 0.25) is 0 Å². The van der Waals surface area contributed by atoms with Gasteiger partial charge in [-0.3, -0.25) is 9.52 Å². The van der Waals surface area contributed by atoms with Gasteiger partial charge < -0.3 is 20.3 Å². The number of nitrogens with zero attached hydrogens (tertiary/aromatic N) is 2. The first-order valence-electron chi connectivity index (χ1n) is 12.7. The Morgan fingerprint density at radius 2 is 1.94 bits per heavy atom. The monoisotopic (exact) mass is 495 g/mol. The number of pyridine rings is 1. The molecule has 35 heavy (non-hydrogen) atoms. The average Bonchev–Trinajstić information content (AvgIpc) is 3.38. The molecule has 2 aromatic rings. The van der Waals surface area contributed by atoms with Crippen LogP contribution in [0.4, 0.5) is 17.3 Å². The molecule has 1 aromatic heterocycles. The zero-order valence-corrected chi connectivity index (χ0v) is 21.8. The number of amides is 1. The van der Waals surface area contributed by atoms with Gasteiger partial charge in [0.1, 0.15) is 11.6 Å². The summed E-state index contributed by atoms with van der Waals surface area (Å²) in [6.45, 7) is 9.77. The maximum atomic E-state index is 13.5. The van der Waals surface area contributed by atoms with Crippen LogP contribution in [0.15, 0.2) is 41.3 Å². The van der Waals surface area contributed by atoms with Crippen LogP contribution in [0.3, 0.4) is 0 Å². The minimum Gasteiger partial charge on any atom is -0.379 e. The third-order valence-electron chi connectivity index (χ3n) is 7.05. The van der Waals surface area contributed by atoms with Gasteiger partial charge in [0.25, 0.3) is 5.91 Å². The van der Waals surface area contributed by atoms with Crippen molar-refractivity contribution in [3.63, 3.8) is 0 Å². The molecule has 8 heteroatoms. The molecule has 1 atom stereocenters. The highest BCUT2D eigenvalue weighted by Gasteiger charge is 2.45. The Kier molecular flexibility index (Phi) is 6.97. The first kappa shape index (κ1) is 24.4. The SMILES string of the molecule is CC(C)(C)NSc1cccc(NC(=O)c2ccc(NC3CCOC3)nc2N2CCC3(CC2)CC3)c1. The molecule has 1 saturated carbocycles. The maximum absolute atomic E-state index is 13.5. The highest BCUT2D eigenvalue weighted by atomic mass is 32.2. The molecule has 1 aliphatic carbocycles. The first-order valence-corrected chi connectivity index (χ1v) is 13.6. The lowest BCUT2D eigenvalue weighted by Gasteiger charge is -2.34. The summed E-state index contributed by atoms with van der Waals surface area (Å²) in [5.74, 6) is 1.47. The Bertz CT molecular complexity index is 1050. The summed E-state index contributed by atoms with van der Waals surface area (Å²) < 4.78 is 8.93. The lowest BCUT2D eigenvalue weighted by Crippen LogP contribution is -2.36. The lowest BCUT2D eigenvalue weighted by molar-refractivity contribution is 0.102. The molecule has 3 fully saturated rings. The summed E-state index contributed by atoms with van der Waals surface area (Å²) in [4.78, 5) is 21.8. The molecule has 1 unspecified atom stereocenters. The van der Waals surface area contributed by atoms with Gasteiger partial charge in [-0.15, -0.1) is 0 Å². The third-order valence-corrected chi connectivity index (χ3v) is 8.25. The van der Waals surface area contributed by atoms with Gasteiger partial charge in [-0.05, 0) is 101 Å². The number of aromatic nitrogens is 1. The van der Waals surface area contributed by atoms with Gasteiger partial charge in [0.15, 0.2) is 0 Å². The van der Waals surface area contributed by atoms with Crippen molar-refractivity contribution in [1.82, 2.24) is 9.71 Å². The summed E-state index contributed by atoms with van der Waals surface area (Å²) in [5.41, 5.74) is 1.96. The number of hydrogen-bond acceptors (Lipinski definition) is 7. The summed E-state index contributed by atoms with van der Waals surface area (Å²) >= 11 is 1.57. The highest BCUT2D eigenvalue weighted by Crippen LogP contribution is 2.54. The Morgan fingerprint density at radius 3 is 2.63 bits per heavy atom. The van der Waals surface area contributed by atoms with Crippen molar-refractivity contribution in [2.75, 3.05) is 41.8 Å². The number of hydrogen-bond donors (Lipinski definition) is 3. The van der Waals surface area contributed by atoms with Crippen molar-refractivity contribution in [2.45, 2.75) is 69.4 Å². The molecule has 2 saturated heterocycles. The quantitative estimate of drug-likeness (QED) is 0.449. The summed E-state index contributed by atoms with van der Waals surface area (Å²) in [6, 6.07) is 12.0. The van der Waals surface area contributed by atoms with Crippen LogP contribution in [-0.2, 0) is 4.74 Å². The van der Waals surface area contributed by atoms with Crippen molar-refractivity contribution in [1.29, 1.82) is 0 Å². The van der Waals surface area contributed by atoms with Gasteiger partial charge in [0.05, 0.1) is 18.2 Å². The van der Waals surface area contributed by atoms with Crippen molar-refractivity contribution in [3.8, 4) is 0 Å². The van der Waals surface area contributed by atoms with E-state index in [1.54, 1.807) is 11.9 Å². The molecular weight excluding hydrogens is 458 g/mol. The molecule has 5 rings (SSSR count). The Balaban J connectivity index is 1.34. The summed E-state index contributed by atoms with van der Waals surface area (Å²) in [7, 11) is 0. The fraction of sp³-hybridized carbons (Fsp3) is 0.556. The van der Waals surface area contributed by atoms with E-state index in [0.717, 1.165) is 48.3 Å². The van der Waals surface area contributed by atoms with Crippen molar-refractivity contribution >= 4 is 35.2 Å². The van der Waals surface area contributed by atoms with Gasteiger partial charge in [0, 0.05) is 35.8 Å². The Hall–Kier alpha value is -2.29.